The minimum Gasteiger partial charge on any atom is -0.390 e. The van der Waals surface area contributed by atoms with Crippen molar-refractivity contribution in [3.05, 3.63) is 30.1 Å². The van der Waals surface area contributed by atoms with Gasteiger partial charge in [0.2, 0.25) is 5.91 Å². The number of nitrogens with zero attached hydrogens (tertiary/aromatic N) is 1. The first-order valence-electron chi connectivity index (χ1n) is 9.15. The van der Waals surface area contributed by atoms with Crippen molar-refractivity contribution in [2.45, 2.75) is 62.8 Å². The van der Waals surface area contributed by atoms with Crippen LogP contribution in [0.5, 0.6) is 0 Å². The lowest BCUT2D eigenvalue weighted by molar-refractivity contribution is -0.176. The monoisotopic (exact) mass is 368 g/mol. The molecule has 1 aromatic heterocycles. The summed E-state index contributed by atoms with van der Waals surface area (Å²) in [5, 5.41) is 12.9. The minimum absolute atomic E-state index is 0.0507. The Morgan fingerprint density at radius 1 is 1.31 bits per heavy atom. The Balaban J connectivity index is 1.49. The first-order chi connectivity index (χ1) is 12.2. The zero-order valence-electron chi connectivity index (χ0n) is 14.4. The second-order valence-electron chi connectivity index (χ2n) is 8.69. The van der Waals surface area contributed by atoms with Crippen molar-refractivity contribution in [2.75, 3.05) is 0 Å². The number of aromatic nitrogens is 1. The molecule has 5 rings (SSSR count). The van der Waals surface area contributed by atoms with E-state index in [4.69, 9.17) is 0 Å². The van der Waals surface area contributed by atoms with Gasteiger partial charge in [0.1, 0.15) is 0 Å². The highest BCUT2D eigenvalue weighted by atomic mass is 19.4. The molecule has 4 aliphatic carbocycles. The Bertz CT molecular complexity index is 678. The molecule has 0 aliphatic heterocycles. The van der Waals surface area contributed by atoms with E-state index in [9.17, 15) is 23.1 Å². The fourth-order valence-corrected chi connectivity index (χ4v) is 6.06. The molecule has 4 saturated carbocycles. The second kappa shape index (κ2) is 5.94. The van der Waals surface area contributed by atoms with E-state index in [1.54, 1.807) is 0 Å². The van der Waals surface area contributed by atoms with Crippen molar-refractivity contribution < 1.29 is 23.1 Å². The van der Waals surface area contributed by atoms with Crippen molar-refractivity contribution in [2.24, 2.45) is 17.3 Å². The van der Waals surface area contributed by atoms with E-state index in [0.29, 0.717) is 18.3 Å². The number of hydrogen-bond donors (Lipinski definition) is 2. The van der Waals surface area contributed by atoms with Gasteiger partial charge in [-0.3, -0.25) is 9.78 Å². The summed E-state index contributed by atoms with van der Waals surface area (Å²) in [6, 6.07) is 0.689. The molecule has 4 fully saturated rings. The first kappa shape index (κ1) is 17.8. The van der Waals surface area contributed by atoms with Gasteiger partial charge in [0, 0.05) is 24.4 Å². The number of alkyl halides is 3. The second-order valence-corrected chi connectivity index (χ2v) is 8.69. The summed E-state index contributed by atoms with van der Waals surface area (Å²) in [7, 11) is 0. The van der Waals surface area contributed by atoms with Crippen molar-refractivity contribution in [3.8, 4) is 0 Å². The van der Waals surface area contributed by atoms with Crippen molar-refractivity contribution >= 4 is 5.91 Å². The van der Waals surface area contributed by atoms with E-state index in [1.165, 1.54) is 18.3 Å². The predicted molar refractivity (Wildman–Crippen MR) is 87.9 cm³/mol. The standard InChI is InChI=1S/C19H23F3N2O2/c20-19(21,22)16(14-2-1-3-23-10-14)24-15(25)9-17-5-12-4-13(6-17)8-18(26,7-12)11-17/h1-3,10,12-13,16,26H,4-9,11H2,(H,24,25)/t12-,13-,16-,17?,18?/m1/s1. The smallest absolute Gasteiger partial charge is 0.390 e. The summed E-state index contributed by atoms with van der Waals surface area (Å²) in [6.45, 7) is 0. The molecule has 0 saturated heterocycles. The summed E-state index contributed by atoms with van der Waals surface area (Å²) in [5.41, 5.74) is -1.15. The number of hydrogen-bond acceptors (Lipinski definition) is 3. The van der Waals surface area contributed by atoms with Crippen LogP contribution in [0.4, 0.5) is 13.2 Å². The van der Waals surface area contributed by atoms with Gasteiger partial charge in [-0.15, -0.1) is 0 Å². The SMILES string of the molecule is O=C(CC12C[C@H]3C[C@@H](CC(O)(C3)C1)C2)N[C@H](c1cccnc1)C(F)(F)F. The predicted octanol–water partition coefficient (Wildman–Crippen LogP) is 3.52. The van der Waals surface area contributed by atoms with Crippen LogP contribution in [-0.2, 0) is 4.79 Å². The number of nitrogens with one attached hydrogen (secondary N) is 1. The van der Waals surface area contributed by atoms with Gasteiger partial charge in [-0.05, 0) is 61.8 Å². The third kappa shape index (κ3) is 3.33. The lowest BCUT2D eigenvalue weighted by Crippen LogP contribution is -2.56. The van der Waals surface area contributed by atoms with E-state index in [2.05, 4.69) is 10.3 Å². The molecule has 26 heavy (non-hydrogen) atoms. The van der Waals surface area contributed by atoms with Gasteiger partial charge in [0.15, 0.2) is 6.04 Å². The summed E-state index contributed by atoms with van der Waals surface area (Å²) in [6.07, 6.45) is 2.82. The number of carbonyl (C=O) groups is 1. The number of carbonyl (C=O) groups excluding carboxylic acids is 1. The van der Waals surface area contributed by atoms with E-state index in [1.807, 2.05) is 0 Å². The molecule has 142 valence electrons. The average Bonchev–Trinajstić information content (AvgIpc) is 2.49. The quantitative estimate of drug-likeness (QED) is 0.855. The molecule has 4 nitrogen and oxygen atoms in total. The maximum Gasteiger partial charge on any atom is 0.412 e. The third-order valence-corrected chi connectivity index (χ3v) is 6.34. The molecule has 3 atom stereocenters. The maximum atomic E-state index is 13.4. The lowest BCUT2D eigenvalue weighted by atomic mass is 9.47. The number of amides is 1. The van der Waals surface area contributed by atoms with Gasteiger partial charge in [-0.25, -0.2) is 0 Å². The van der Waals surface area contributed by atoms with Crippen molar-refractivity contribution in [3.63, 3.8) is 0 Å². The fourth-order valence-electron chi connectivity index (χ4n) is 6.06. The molecular formula is C19H23F3N2O2. The van der Waals surface area contributed by atoms with Crippen LogP contribution in [0.15, 0.2) is 24.5 Å². The molecule has 4 bridgehead atoms. The molecule has 0 aromatic carbocycles. The zero-order valence-corrected chi connectivity index (χ0v) is 14.4. The van der Waals surface area contributed by atoms with Crippen molar-refractivity contribution in [1.82, 2.24) is 10.3 Å². The number of aliphatic hydroxyl groups is 1. The van der Waals surface area contributed by atoms with Gasteiger partial charge in [0.25, 0.3) is 0 Å². The first-order valence-corrected chi connectivity index (χ1v) is 9.15. The Hall–Kier alpha value is -1.63. The molecule has 1 amide bonds. The minimum atomic E-state index is -4.58. The normalized spacial score (nSPS) is 36.8. The molecule has 1 heterocycles. The van der Waals surface area contributed by atoms with Gasteiger partial charge in [-0.1, -0.05) is 6.07 Å². The summed E-state index contributed by atoms with van der Waals surface area (Å²) in [4.78, 5) is 16.3. The molecule has 2 N–H and O–H groups in total. The van der Waals surface area contributed by atoms with Crippen LogP contribution < -0.4 is 5.32 Å². The van der Waals surface area contributed by atoms with Crippen LogP contribution in [0.25, 0.3) is 0 Å². The Morgan fingerprint density at radius 2 is 2.00 bits per heavy atom. The highest BCUT2D eigenvalue weighted by molar-refractivity contribution is 5.77. The van der Waals surface area contributed by atoms with Gasteiger partial charge in [0.05, 0.1) is 5.60 Å². The number of pyridine rings is 1. The van der Waals surface area contributed by atoms with E-state index < -0.39 is 23.7 Å². The molecule has 0 spiro atoms. The molecular weight excluding hydrogens is 345 g/mol. The van der Waals surface area contributed by atoms with E-state index >= 15 is 0 Å². The Morgan fingerprint density at radius 3 is 2.54 bits per heavy atom. The highest BCUT2D eigenvalue weighted by Gasteiger charge is 2.57. The summed E-state index contributed by atoms with van der Waals surface area (Å²) >= 11 is 0. The average molecular weight is 368 g/mol. The van der Waals surface area contributed by atoms with Crippen LogP contribution in [0, 0.1) is 17.3 Å². The molecule has 0 unspecified atom stereocenters. The van der Waals surface area contributed by atoms with Crippen LogP contribution in [0.3, 0.4) is 0 Å². The van der Waals surface area contributed by atoms with E-state index in [-0.39, 0.29) is 17.4 Å². The fraction of sp³-hybridized carbons (Fsp3) is 0.684. The zero-order chi connectivity index (χ0) is 18.6. The largest absolute Gasteiger partial charge is 0.412 e. The summed E-state index contributed by atoms with van der Waals surface area (Å²) in [5.74, 6) is 0.193. The Labute approximate surface area is 150 Å². The third-order valence-electron chi connectivity index (χ3n) is 6.34. The summed E-state index contributed by atoms with van der Waals surface area (Å²) < 4.78 is 40.3. The van der Waals surface area contributed by atoms with Crippen LogP contribution in [0.2, 0.25) is 0 Å². The van der Waals surface area contributed by atoms with Gasteiger partial charge >= 0.3 is 6.18 Å². The van der Waals surface area contributed by atoms with Crippen molar-refractivity contribution in [1.29, 1.82) is 0 Å². The van der Waals surface area contributed by atoms with Crippen LogP contribution in [-0.4, -0.2) is 27.8 Å². The Kier molecular flexibility index (Phi) is 4.06. The topological polar surface area (TPSA) is 62.2 Å². The van der Waals surface area contributed by atoms with Crippen LogP contribution in [0.1, 0.15) is 56.6 Å². The molecule has 4 aliphatic rings. The highest BCUT2D eigenvalue weighted by Crippen LogP contribution is 2.62. The van der Waals surface area contributed by atoms with Crippen LogP contribution >= 0.6 is 0 Å². The van der Waals surface area contributed by atoms with Gasteiger partial charge < -0.3 is 10.4 Å². The van der Waals surface area contributed by atoms with E-state index in [0.717, 1.165) is 38.3 Å². The number of rotatable bonds is 4. The maximum absolute atomic E-state index is 13.4. The number of halogens is 3. The lowest BCUT2D eigenvalue weighted by Gasteiger charge is -2.60. The molecule has 7 heteroatoms. The van der Waals surface area contributed by atoms with Gasteiger partial charge in [-0.2, -0.15) is 13.2 Å². The molecule has 0 radical (unpaired) electrons. The molecule has 1 aromatic rings.